The number of hydrogen-bond acceptors (Lipinski definition) is 5. The summed E-state index contributed by atoms with van der Waals surface area (Å²) < 4.78 is 23.5. The molecule has 0 spiro atoms. The number of carboxylic acids is 1. The maximum absolute atomic E-state index is 12.8. The number of rotatable bonds is 4. The highest BCUT2D eigenvalue weighted by Gasteiger charge is 2.46. The number of sulfone groups is 1. The summed E-state index contributed by atoms with van der Waals surface area (Å²) in [5.74, 6) is -1.58. The van der Waals surface area contributed by atoms with Gasteiger partial charge >= 0.3 is 5.97 Å². The highest BCUT2D eigenvalue weighted by molar-refractivity contribution is 7.91. The lowest BCUT2D eigenvalue weighted by Gasteiger charge is -2.40. The summed E-state index contributed by atoms with van der Waals surface area (Å²) in [4.78, 5) is 25.3. The molecule has 2 rings (SSSR count). The van der Waals surface area contributed by atoms with Crippen LogP contribution in [-0.4, -0.2) is 66.5 Å². The zero-order chi connectivity index (χ0) is 15.7. The molecule has 2 heterocycles. The van der Waals surface area contributed by atoms with Gasteiger partial charge in [-0.05, 0) is 25.8 Å². The van der Waals surface area contributed by atoms with Crippen molar-refractivity contribution in [3.05, 3.63) is 0 Å². The first-order chi connectivity index (χ1) is 9.80. The Balaban J connectivity index is 2.22. The number of carboxylic acid groups (broad SMARTS) is 1. The third-order valence-electron chi connectivity index (χ3n) is 4.46. The van der Waals surface area contributed by atoms with E-state index < -0.39 is 27.4 Å². The Kier molecular flexibility index (Phi) is 4.57. The maximum Gasteiger partial charge on any atom is 0.305 e. The van der Waals surface area contributed by atoms with E-state index in [-0.39, 0.29) is 30.4 Å². The van der Waals surface area contributed by atoms with Crippen LogP contribution >= 0.6 is 0 Å². The molecule has 0 saturated carbocycles. The summed E-state index contributed by atoms with van der Waals surface area (Å²) in [7, 11) is -3.27. The van der Waals surface area contributed by atoms with Gasteiger partial charge in [-0.3, -0.25) is 9.59 Å². The van der Waals surface area contributed by atoms with E-state index in [2.05, 4.69) is 5.32 Å². The fourth-order valence-corrected chi connectivity index (χ4v) is 4.77. The van der Waals surface area contributed by atoms with Gasteiger partial charge < -0.3 is 15.3 Å². The molecule has 2 atom stereocenters. The van der Waals surface area contributed by atoms with Crippen LogP contribution in [-0.2, 0) is 19.4 Å². The van der Waals surface area contributed by atoms with E-state index in [1.807, 2.05) is 6.92 Å². The molecule has 2 fully saturated rings. The van der Waals surface area contributed by atoms with E-state index in [0.29, 0.717) is 12.8 Å². The second-order valence-electron chi connectivity index (χ2n) is 5.83. The average molecular weight is 318 g/mol. The third-order valence-corrected chi connectivity index (χ3v) is 6.16. The van der Waals surface area contributed by atoms with Gasteiger partial charge in [-0.1, -0.05) is 6.92 Å². The molecule has 0 aromatic heterocycles. The van der Waals surface area contributed by atoms with Crippen LogP contribution in [0.3, 0.4) is 0 Å². The van der Waals surface area contributed by atoms with Crippen LogP contribution in [0, 0.1) is 0 Å². The van der Waals surface area contributed by atoms with E-state index in [4.69, 9.17) is 5.11 Å². The van der Waals surface area contributed by atoms with Gasteiger partial charge in [0.15, 0.2) is 9.84 Å². The van der Waals surface area contributed by atoms with Gasteiger partial charge in [0.05, 0.1) is 29.5 Å². The molecule has 2 unspecified atom stereocenters. The zero-order valence-corrected chi connectivity index (χ0v) is 13.0. The van der Waals surface area contributed by atoms with Crippen LogP contribution < -0.4 is 5.32 Å². The van der Waals surface area contributed by atoms with Crippen LogP contribution in [0.4, 0.5) is 0 Å². The van der Waals surface area contributed by atoms with Crippen LogP contribution in [0.1, 0.15) is 32.6 Å². The van der Waals surface area contributed by atoms with Crippen molar-refractivity contribution in [1.82, 2.24) is 10.2 Å². The van der Waals surface area contributed by atoms with Crippen molar-refractivity contribution in [2.45, 2.75) is 44.2 Å². The Morgan fingerprint density at radius 1 is 1.43 bits per heavy atom. The molecule has 2 aliphatic rings. The molecule has 0 bridgehead atoms. The zero-order valence-electron chi connectivity index (χ0n) is 12.2. The Hall–Kier alpha value is -1.15. The van der Waals surface area contributed by atoms with Crippen LogP contribution in [0.2, 0.25) is 0 Å². The molecule has 120 valence electrons. The molecule has 8 heteroatoms. The lowest BCUT2D eigenvalue weighted by Crippen LogP contribution is -2.61. The SMILES string of the molecule is CCC1(C(=O)N2CCS(=O)(=O)CC2CC(=O)O)CCCN1. The van der Waals surface area contributed by atoms with Gasteiger partial charge in [0.2, 0.25) is 5.91 Å². The number of hydrogen-bond donors (Lipinski definition) is 2. The van der Waals surface area contributed by atoms with Gasteiger partial charge in [-0.15, -0.1) is 0 Å². The van der Waals surface area contributed by atoms with Crippen molar-refractivity contribution >= 4 is 21.7 Å². The number of nitrogens with zero attached hydrogens (tertiary/aromatic N) is 1. The molecular weight excluding hydrogens is 296 g/mol. The van der Waals surface area contributed by atoms with Crippen LogP contribution in [0.5, 0.6) is 0 Å². The minimum absolute atomic E-state index is 0.0859. The minimum atomic E-state index is -3.27. The Bertz CT molecular complexity index is 525. The van der Waals surface area contributed by atoms with Gasteiger partial charge in [-0.25, -0.2) is 8.42 Å². The maximum atomic E-state index is 12.8. The van der Waals surface area contributed by atoms with Crippen LogP contribution in [0.15, 0.2) is 0 Å². The first-order valence-electron chi connectivity index (χ1n) is 7.28. The largest absolute Gasteiger partial charge is 0.481 e. The molecule has 2 N–H and O–H groups in total. The van der Waals surface area contributed by atoms with Gasteiger partial charge in [0.1, 0.15) is 0 Å². The second kappa shape index (κ2) is 5.92. The summed E-state index contributed by atoms with van der Waals surface area (Å²) in [5.41, 5.74) is -0.655. The standard InChI is InChI=1S/C13H22N2O5S/c1-2-13(4-3-5-14-13)12(18)15-6-7-21(19,20)9-10(15)8-11(16)17/h10,14H,2-9H2,1H3,(H,16,17). The van der Waals surface area contributed by atoms with Crippen molar-refractivity contribution in [1.29, 1.82) is 0 Å². The van der Waals surface area contributed by atoms with E-state index in [1.54, 1.807) is 0 Å². The molecule has 0 aromatic carbocycles. The topological polar surface area (TPSA) is 104 Å². The van der Waals surface area contributed by atoms with E-state index in [1.165, 1.54) is 4.90 Å². The number of aliphatic carboxylic acids is 1. The molecule has 0 aliphatic carbocycles. The highest BCUT2D eigenvalue weighted by atomic mass is 32.2. The summed E-state index contributed by atoms with van der Waals surface area (Å²) in [6.07, 6.45) is 1.90. The molecule has 2 aliphatic heterocycles. The number of carbonyl (C=O) groups excluding carboxylic acids is 1. The van der Waals surface area contributed by atoms with Crippen molar-refractivity contribution < 1.29 is 23.1 Å². The lowest BCUT2D eigenvalue weighted by atomic mass is 9.91. The molecule has 7 nitrogen and oxygen atoms in total. The fourth-order valence-electron chi connectivity index (χ4n) is 3.24. The van der Waals surface area contributed by atoms with Crippen molar-refractivity contribution in [3.8, 4) is 0 Å². The first-order valence-corrected chi connectivity index (χ1v) is 9.10. The lowest BCUT2D eigenvalue weighted by molar-refractivity contribution is -0.143. The van der Waals surface area contributed by atoms with Gasteiger partial charge in [0, 0.05) is 6.54 Å². The van der Waals surface area contributed by atoms with Crippen LogP contribution in [0.25, 0.3) is 0 Å². The molecular formula is C13H22N2O5S. The van der Waals surface area contributed by atoms with Crippen molar-refractivity contribution in [2.75, 3.05) is 24.6 Å². The number of amides is 1. The predicted molar refractivity (Wildman–Crippen MR) is 76.7 cm³/mol. The summed E-state index contributed by atoms with van der Waals surface area (Å²) in [6.45, 7) is 2.76. The number of carbonyl (C=O) groups is 2. The molecule has 2 saturated heterocycles. The molecule has 0 aromatic rings. The van der Waals surface area contributed by atoms with E-state index >= 15 is 0 Å². The molecule has 1 amide bonds. The average Bonchev–Trinajstić information content (AvgIpc) is 2.86. The Morgan fingerprint density at radius 3 is 2.67 bits per heavy atom. The predicted octanol–water partition coefficient (Wildman–Crippen LogP) is -0.381. The molecule has 0 radical (unpaired) electrons. The third kappa shape index (κ3) is 3.37. The Labute approximate surface area is 124 Å². The second-order valence-corrected chi connectivity index (χ2v) is 8.06. The monoisotopic (exact) mass is 318 g/mol. The summed E-state index contributed by atoms with van der Waals surface area (Å²) in [6, 6.07) is -0.764. The normalized spacial score (nSPS) is 32.0. The molecule has 21 heavy (non-hydrogen) atoms. The Morgan fingerprint density at radius 2 is 2.14 bits per heavy atom. The minimum Gasteiger partial charge on any atom is -0.481 e. The van der Waals surface area contributed by atoms with Crippen molar-refractivity contribution in [3.63, 3.8) is 0 Å². The van der Waals surface area contributed by atoms with Crippen molar-refractivity contribution in [2.24, 2.45) is 0 Å². The highest BCUT2D eigenvalue weighted by Crippen LogP contribution is 2.28. The van der Waals surface area contributed by atoms with E-state index in [9.17, 15) is 18.0 Å². The summed E-state index contributed by atoms with van der Waals surface area (Å²) in [5, 5.41) is 12.2. The summed E-state index contributed by atoms with van der Waals surface area (Å²) >= 11 is 0. The smallest absolute Gasteiger partial charge is 0.305 e. The first kappa shape index (κ1) is 16.2. The quantitative estimate of drug-likeness (QED) is 0.732. The number of nitrogens with one attached hydrogen (secondary N) is 1. The van der Waals surface area contributed by atoms with E-state index in [0.717, 1.165) is 13.0 Å². The van der Waals surface area contributed by atoms with Gasteiger partial charge in [0.25, 0.3) is 0 Å². The fraction of sp³-hybridized carbons (Fsp3) is 0.846. The van der Waals surface area contributed by atoms with Gasteiger partial charge in [-0.2, -0.15) is 0 Å².